The second kappa shape index (κ2) is 8.91. The van der Waals surface area contributed by atoms with Gasteiger partial charge in [-0.2, -0.15) is 0 Å². The summed E-state index contributed by atoms with van der Waals surface area (Å²) < 4.78 is 0. The van der Waals surface area contributed by atoms with Gasteiger partial charge in [0.2, 0.25) is 11.8 Å². The standard InChI is InChI=1S/C14H27N3O2/c1-17(2)10-6-9-15-13(18)11-14(19)16-12-7-4-3-5-8-12/h12H,3-11H2,1-2H3,(H,15,18)(H,16,19). The van der Waals surface area contributed by atoms with Crippen LogP contribution in [0, 0.1) is 0 Å². The SMILES string of the molecule is CN(C)CCCNC(=O)CC(=O)NC1CCCCC1. The molecule has 0 aromatic rings. The number of rotatable bonds is 7. The van der Waals surface area contributed by atoms with Crippen LogP contribution in [0.4, 0.5) is 0 Å². The van der Waals surface area contributed by atoms with Gasteiger partial charge in [-0.25, -0.2) is 0 Å². The minimum atomic E-state index is -0.174. The van der Waals surface area contributed by atoms with Gasteiger partial charge in [-0.1, -0.05) is 19.3 Å². The van der Waals surface area contributed by atoms with Gasteiger partial charge in [0.1, 0.15) is 6.42 Å². The van der Waals surface area contributed by atoms with Gasteiger partial charge in [0.15, 0.2) is 0 Å². The molecule has 1 saturated carbocycles. The largest absolute Gasteiger partial charge is 0.356 e. The van der Waals surface area contributed by atoms with Crippen molar-refractivity contribution in [2.75, 3.05) is 27.2 Å². The van der Waals surface area contributed by atoms with Gasteiger partial charge in [-0.3, -0.25) is 9.59 Å². The average Bonchev–Trinajstić information content (AvgIpc) is 2.35. The monoisotopic (exact) mass is 269 g/mol. The Morgan fingerprint density at radius 1 is 1.11 bits per heavy atom. The minimum absolute atomic E-state index is 0.0432. The van der Waals surface area contributed by atoms with Gasteiger partial charge in [0.05, 0.1) is 0 Å². The summed E-state index contributed by atoms with van der Waals surface area (Å²) in [5.74, 6) is -0.316. The highest BCUT2D eigenvalue weighted by Gasteiger charge is 2.17. The Morgan fingerprint density at radius 2 is 1.79 bits per heavy atom. The highest BCUT2D eigenvalue weighted by molar-refractivity contribution is 5.96. The number of nitrogens with zero attached hydrogens (tertiary/aromatic N) is 1. The average molecular weight is 269 g/mol. The Hall–Kier alpha value is -1.10. The van der Waals surface area contributed by atoms with Crippen molar-refractivity contribution in [1.82, 2.24) is 15.5 Å². The molecule has 0 aliphatic heterocycles. The quantitative estimate of drug-likeness (QED) is 0.533. The van der Waals surface area contributed by atoms with E-state index in [1.54, 1.807) is 0 Å². The van der Waals surface area contributed by atoms with Gasteiger partial charge in [0, 0.05) is 12.6 Å². The van der Waals surface area contributed by atoms with Crippen molar-refractivity contribution < 1.29 is 9.59 Å². The predicted molar refractivity (Wildman–Crippen MR) is 75.8 cm³/mol. The molecular formula is C14H27N3O2. The molecule has 1 fully saturated rings. The Bertz CT molecular complexity index is 286. The lowest BCUT2D eigenvalue weighted by atomic mass is 9.95. The van der Waals surface area contributed by atoms with Gasteiger partial charge in [-0.15, -0.1) is 0 Å². The predicted octanol–water partition coefficient (Wildman–Crippen LogP) is 0.893. The molecule has 0 bridgehead atoms. The topological polar surface area (TPSA) is 61.4 Å². The van der Waals surface area contributed by atoms with E-state index in [9.17, 15) is 9.59 Å². The van der Waals surface area contributed by atoms with Crippen molar-refractivity contribution in [1.29, 1.82) is 0 Å². The van der Waals surface area contributed by atoms with Gasteiger partial charge >= 0.3 is 0 Å². The second-order valence-electron chi connectivity index (χ2n) is 5.59. The summed E-state index contributed by atoms with van der Waals surface area (Å²) in [5.41, 5.74) is 0. The van der Waals surface area contributed by atoms with E-state index in [1.165, 1.54) is 19.3 Å². The van der Waals surface area contributed by atoms with Crippen molar-refractivity contribution in [3.8, 4) is 0 Å². The Morgan fingerprint density at radius 3 is 2.42 bits per heavy atom. The summed E-state index contributed by atoms with van der Waals surface area (Å²) >= 11 is 0. The molecule has 110 valence electrons. The van der Waals surface area contributed by atoms with Crippen LogP contribution in [0.3, 0.4) is 0 Å². The van der Waals surface area contributed by atoms with E-state index in [2.05, 4.69) is 15.5 Å². The first-order chi connectivity index (χ1) is 9.08. The fourth-order valence-electron chi connectivity index (χ4n) is 2.36. The molecule has 5 nitrogen and oxygen atoms in total. The second-order valence-corrected chi connectivity index (χ2v) is 5.59. The fraction of sp³-hybridized carbons (Fsp3) is 0.857. The Kier molecular flexibility index (Phi) is 7.48. The summed E-state index contributed by atoms with van der Waals surface area (Å²) in [6, 6.07) is 0.280. The molecule has 2 N–H and O–H groups in total. The van der Waals surface area contributed by atoms with E-state index in [0.717, 1.165) is 25.8 Å². The zero-order valence-electron chi connectivity index (χ0n) is 12.2. The third kappa shape index (κ3) is 7.82. The van der Waals surface area contributed by atoms with Crippen molar-refractivity contribution in [3.05, 3.63) is 0 Å². The van der Waals surface area contributed by atoms with Gasteiger partial charge < -0.3 is 15.5 Å². The summed E-state index contributed by atoms with van der Waals surface area (Å²) in [6.45, 7) is 1.57. The molecule has 19 heavy (non-hydrogen) atoms. The first-order valence-electron chi connectivity index (χ1n) is 7.28. The molecule has 1 rings (SSSR count). The Balaban J connectivity index is 2.08. The third-order valence-electron chi connectivity index (χ3n) is 3.40. The summed E-state index contributed by atoms with van der Waals surface area (Å²) in [6.07, 6.45) is 6.59. The molecule has 2 amide bonds. The van der Waals surface area contributed by atoms with Crippen molar-refractivity contribution in [2.45, 2.75) is 51.0 Å². The molecule has 0 saturated heterocycles. The lowest BCUT2D eigenvalue weighted by Gasteiger charge is -2.22. The molecule has 0 spiro atoms. The van der Waals surface area contributed by atoms with Crippen LogP contribution in [0.5, 0.6) is 0 Å². The first kappa shape index (κ1) is 16.0. The molecule has 0 unspecified atom stereocenters. The van der Waals surface area contributed by atoms with E-state index >= 15 is 0 Å². The zero-order chi connectivity index (χ0) is 14.1. The van der Waals surface area contributed by atoms with E-state index in [4.69, 9.17) is 0 Å². The van der Waals surface area contributed by atoms with Crippen molar-refractivity contribution >= 4 is 11.8 Å². The van der Waals surface area contributed by atoms with Gasteiger partial charge in [-0.05, 0) is 39.9 Å². The highest BCUT2D eigenvalue weighted by Crippen LogP contribution is 2.17. The lowest BCUT2D eigenvalue weighted by molar-refractivity contribution is -0.129. The molecule has 1 aliphatic carbocycles. The van der Waals surface area contributed by atoms with Crippen LogP contribution in [0.1, 0.15) is 44.9 Å². The van der Waals surface area contributed by atoms with Crippen molar-refractivity contribution in [3.63, 3.8) is 0 Å². The van der Waals surface area contributed by atoms with Gasteiger partial charge in [0.25, 0.3) is 0 Å². The van der Waals surface area contributed by atoms with E-state index in [-0.39, 0.29) is 24.3 Å². The number of hydrogen-bond donors (Lipinski definition) is 2. The zero-order valence-corrected chi connectivity index (χ0v) is 12.2. The summed E-state index contributed by atoms with van der Waals surface area (Å²) in [4.78, 5) is 25.3. The van der Waals surface area contributed by atoms with Crippen LogP contribution in [-0.4, -0.2) is 49.9 Å². The van der Waals surface area contributed by atoms with Crippen LogP contribution >= 0.6 is 0 Å². The fourth-order valence-corrected chi connectivity index (χ4v) is 2.36. The lowest BCUT2D eigenvalue weighted by Crippen LogP contribution is -2.39. The van der Waals surface area contributed by atoms with E-state index in [1.807, 2.05) is 14.1 Å². The minimum Gasteiger partial charge on any atom is -0.356 e. The number of amides is 2. The van der Waals surface area contributed by atoms with Crippen LogP contribution in [0.25, 0.3) is 0 Å². The molecule has 0 aromatic carbocycles. The highest BCUT2D eigenvalue weighted by atomic mass is 16.2. The maximum Gasteiger partial charge on any atom is 0.229 e. The molecule has 0 heterocycles. The van der Waals surface area contributed by atoms with E-state index < -0.39 is 0 Å². The van der Waals surface area contributed by atoms with Crippen LogP contribution in [0.15, 0.2) is 0 Å². The number of hydrogen-bond acceptors (Lipinski definition) is 3. The molecular weight excluding hydrogens is 242 g/mol. The summed E-state index contributed by atoms with van der Waals surface area (Å²) in [7, 11) is 4.00. The number of carbonyl (C=O) groups is 2. The van der Waals surface area contributed by atoms with E-state index in [0.29, 0.717) is 6.54 Å². The van der Waals surface area contributed by atoms with Crippen LogP contribution in [0.2, 0.25) is 0 Å². The maximum absolute atomic E-state index is 11.7. The molecule has 5 heteroatoms. The third-order valence-corrected chi connectivity index (χ3v) is 3.40. The van der Waals surface area contributed by atoms with Crippen LogP contribution < -0.4 is 10.6 Å². The molecule has 0 atom stereocenters. The molecule has 0 radical (unpaired) electrons. The Labute approximate surface area is 116 Å². The normalized spacial score (nSPS) is 16.4. The molecule has 1 aliphatic rings. The summed E-state index contributed by atoms with van der Waals surface area (Å²) in [5, 5.41) is 5.73. The van der Waals surface area contributed by atoms with Crippen LogP contribution in [-0.2, 0) is 9.59 Å². The smallest absolute Gasteiger partial charge is 0.229 e. The molecule has 0 aromatic heterocycles. The maximum atomic E-state index is 11.7. The number of carbonyl (C=O) groups excluding carboxylic acids is 2. The number of nitrogens with one attached hydrogen (secondary N) is 2. The first-order valence-corrected chi connectivity index (χ1v) is 7.28. The van der Waals surface area contributed by atoms with Crippen molar-refractivity contribution in [2.24, 2.45) is 0 Å².